The Balaban J connectivity index is 2.07. The van der Waals surface area contributed by atoms with E-state index in [2.05, 4.69) is 20.7 Å². The van der Waals surface area contributed by atoms with Gasteiger partial charge in [-0.1, -0.05) is 0 Å². The number of aromatic carboxylic acids is 1. The number of rotatable bonds is 5. The molecule has 1 aromatic heterocycles. The number of ether oxygens (including phenoxy) is 2. The zero-order valence-corrected chi connectivity index (χ0v) is 12.6. The molecule has 1 unspecified atom stereocenters. The summed E-state index contributed by atoms with van der Waals surface area (Å²) in [5.41, 5.74) is 0. The fourth-order valence-corrected chi connectivity index (χ4v) is 3.58. The third-order valence-electron chi connectivity index (χ3n) is 2.54. The molecule has 20 heavy (non-hydrogen) atoms. The van der Waals surface area contributed by atoms with E-state index in [0.717, 1.165) is 6.07 Å². The van der Waals surface area contributed by atoms with Gasteiger partial charge in [-0.25, -0.2) is 17.9 Å². The second-order valence-electron chi connectivity index (χ2n) is 3.97. The number of nitrogens with one attached hydrogen (secondary N) is 1. The van der Waals surface area contributed by atoms with Crippen molar-refractivity contribution < 1.29 is 32.2 Å². The van der Waals surface area contributed by atoms with E-state index in [0.29, 0.717) is 19.8 Å². The summed E-state index contributed by atoms with van der Waals surface area (Å²) >= 11 is 2.88. The van der Waals surface area contributed by atoms with Crippen LogP contribution in [0.15, 0.2) is 20.0 Å². The van der Waals surface area contributed by atoms with Crippen LogP contribution in [0.25, 0.3) is 0 Å². The molecule has 1 aromatic rings. The molecule has 0 radical (unpaired) electrons. The van der Waals surface area contributed by atoms with E-state index in [4.69, 9.17) is 19.0 Å². The van der Waals surface area contributed by atoms with E-state index in [1.165, 1.54) is 0 Å². The maximum absolute atomic E-state index is 12.0. The van der Waals surface area contributed by atoms with Gasteiger partial charge in [0.05, 0.1) is 25.9 Å². The highest BCUT2D eigenvalue weighted by Gasteiger charge is 2.26. The van der Waals surface area contributed by atoms with Crippen molar-refractivity contribution in [1.29, 1.82) is 0 Å². The van der Waals surface area contributed by atoms with Crippen LogP contribution in [-0.2, 0) is 19.5 Å². The molecule has 8 nitrogen and oxygen atoms in total. The molecule has 2 heterocycles. The molecule has 0 spiro atoms. The Morgan fingerprint density at radius 3 is 2.80 bits per heavy atom. The summed E-state index contributed by atoms with van der Waals surface area (Å²) in [7, 11) is -3.89. The normalized spacial score (nSPS) is 19.9. The van der Waals surface area contributed by atoms with Gasteiger partial charge in [0, 0.05) is 12.6 Å². The maximum atomic E-state index is 12.0. The summed E-state index contributed by atoms with van der Waals surface area (Å²) in [6.07, 6.45) is -0.372. The van der Waals surface area contributed by atoms with Crippen molar-refractivity contribution in [2.45, 2.75) is 11.0 Å². The van der Waals surface area contributed by atoms with Gasteiger partial charge in [0.1, 0.15) is 4.90 Å². The van der Waals surface area contributed by atoms with Crippen LogP contribution < -0.4 is 4.72 Å². The fraction of sp³-hybridized carbons (Fsp3) is 0.500. The second-order valence-corrected chi connectivity index (χ2v) is 6.43. The van der Waals surface area contributed by atoms with E-state index >= 15 is 0 Å². The van der Waals surface area contributed by atoms with E-state index in [-0.39, 0.29) is 22.2 Å². The molecule has 2 N–H and O–H groups in total. The number of sulfonamides is 1. The van der Waals surface area contributed by atoms with Gasteiger partial charge in [0.15, 0.2) is 4.67 Å². The maximum Gasteiger partial charge on any atom is 0.371 e. The number of carboxylic acid groups (broad SMARTS) is 1. The SMILES string of the molecule is O=C(O)c1cc(S(=O)(=O)NCC2COCCO2)c(Br)o1. The predicted molar refractivity (Wildman–Crippen MR) is 69.1 cm³/mol. The highest BCUT2D eigenvalue weighted by atomic mass is 79.9. The van der Waals surface area contributed by atoms with Crippen LogP contribution in [0, 0.1) is 0 Å². The average molecular weight is 370 g/mol. The molecule has 0 saturated carbocycles. The van der Waals surface area contributed by atoms with Crippen molar-refractivity contribution in [1.82, 2.24) is 4.72 Å². The van der Waals surface area contributed by atoms with Gasteiger partial charge in [0.25, 0.3) is 0 Å². The molecule has 1 aliphatic heterocycles. The zero-order chi connectivity index (χ0) is 14.8. The number of carboxylic acids is 1. The zero-order valence-electron chi connectivity index (χ0n) is 10.2. The molecule has 1 aliphatic rings. The van der Waals surface area contributed by atoms with Crippen molar-refractivity contribution in [3.05, 3.63) is 16.5 Å². The standard InChI is InChI=1S/C10H12BrNO7S/c11-9-8(3-7(19-9)10(13)14)20(15,16)12-4-6-5-17-1-2-18-6/h3,6,12H,1-2,4-5H2,(H,13,14). The minimum absolute atomic E-state index is 0.0301. The summed E-state index contributed by atoms with van der Waals surface area (Å²) in [5.74, 6) is -1.81. The number of hydrogen-bond acceptors (Lipinski definition) is 6. The molecular weight excluding hydrogens is 358 g/mol. The Morgan fingerprint density at radius 2 is 2.25 bits per heavy atom. The Kier molecular flexibility index (Phi) is 4.81. The minimum Gasteiger partial charge on any atom is -0.475 e. The number of furan rings is 1. The third kappa shape index (κ3) is 3.58. The van der Waals surface area contributed by atoms with E-state index in [1.807, 2.05) is 0 Å². The van der Waals surface area contributed by atoms with Gasteiger partial charge in [-0.15, -0.1) is 0 Å². The minimum atomic E-state index is -3.89. The largest absolute Gasteiger partial charge is 0.475 e. The molecule has 10 heteroatoms. The Bertz CT molecular complexity index is 591. The van der Waals surface area contributed by atoms with Gasteiger partial charge in [-0.3, -0.25) is 0 Å². The molecular formula is C10H12BrNO7S. The number of carbonyl (C=O) groups is 1. The van der Waals surface area contributed by atoms with Gasteiger partial charge in [0.2, 0.25) is 15.8 Å². The molecule has 1 atom stereocenters. The molecule has 112 valence electrons. The van der Waals surface area contributed by atoms with Crippen molar-refractivity contribution in [2.24, 2.45) is 0 Å². The predicted octanol–water partition coefficient (Wildman–Crippen LogP) is 0.434. The van der Waals surface area contributed by atoms with Crippen LogP contribution in [0.1, 0.15) is 10.6 Å². The lowest BCUT2D eigenvalue weighted by Crippen LogP contribution is -2.39. The molecule has 2 rings (SSSR count). The van der Waals surface area contributed by atoms with Crippen molar-refractivity contribution in [2.75, 3.05) is 26.4 Å². The summed E-state index contributed by atoms with van der Waals surface area (Å²) in [6, 6.07) is 0.937. The van der Waals surface area contributed by atoms with Crippen LogP contribution in [0.3, 0.4) is 0 Å². The molecule has 0 aliphatic carbocycles. The first-order chi connectivity index (χ1) is 9.40. The van der Waals surface area contributed by atoms with Crippen molar-refractivity contribution in [3.63, 3.8) is 0 Å². The van der Waals surface area contributed by atoms with Crippen molar-refractivity contribution >= 4 is 31.9 Å². The Hall–Kier alpha value is -0.940. The van der Waals surface area contributed by atoms with Crippen LogP contribution in [-0.4, -0.2) is 52.0 Å². The Morgan fingerprint density at radius 1 is 1.50 bits per heavy atom. The summed E-state index contributed by atoms with van der Waals surface area (Å²) in [6.45, 7) is 1.22. The van der Waals surface area contributed by atoms with Gasteiger partial charge in [-0.2, -0.15) is 0 Å². The quantitative estimate of drug-likeness (QED) is 0.773. The molecule has 0 aromatic carbocycles. The van der Waals surface area contributed by atoms with E-state index < -0.39 is 21.8 Å². The lowest BCUT2D eigenvalue weighted by Gasteiger charge is -2.22. The summed E-state index contributed by atoms with van der Waals surface area (Å²) in [5, 5.41) is 8.76. The number of halogens is 1. The highest BCUT2D eigenvalue weighted by molar-refractivity contribution is 9.10. The topological polar surface area (TPSA) is 115 Å². The van der Waals surface area contributed by atoms with Crippen LogP contribution in [0.5, 0.6) is 0 Å². The first-order valence-electron chi connectivity index (χ1n) is 5.62. The van der Waals surface area contributed by atoms with E-state index in [1.54, 1.807) is 0 Å². The molecule has 1 saturated heterocycles. The number of hydrogen-bond donors (Lipinski definition) is 2. The molecule has 0 bridgehead atoms. The lowest BCUT2D eigenvalue weighted by molar-refractivity contribution is -0.0846. The first-order valence-corrected chi connectivity index (χ1v) is 7.89. The van der Waals surface area contributed by atoms with Crippen LogP contribution >= 0.6 is 15.9 Å². The average Bonchev–Trinajstić information content (AvgIpc) is 2.81. The van der Waals surface area contributed by atoms with Gasteiger partial charge in [-0.05, 0) is 15.9 Å². The van der Waals surface area contributed by atoms with Gasteiger partial charge < -0.3 is 19.0 Å². The highest BCUT2D eigenvalue weighted by Crippen LogP contribution is 2.26. The molecule has 1 fully saturated rings. The lowest BCUT2D eigenvalue weighted by atomic mass is 10.3. The van der Waals surface area contributed by atoms with Crippen molar-refractivity contribution in [3.8, 4) is 0 Å². The summed E-state index contributed by atoms with van der Waals surface area (Å²) < 4.78 is 41.5. The smallest absolute Gasteiger partial charge is 0.371 e. The fourth-order valence-electron chi connectivity index (χ4n) is 1.58. The second kappa shape index (κ2) is 6.22. The third-order valence-corrected chi connectivity index (χ3v) is 4.82. The monoisotopic (exact) mass is 369 g/mol. The van der Waals surface area contributed by atoms with Crippen LogP contribution in [0.2, 0.25) is 0 Å². The van der Waals surface area contributed by atoms with Gasteiger partial charge >= 0.3 is 5.97 Å². The summed E-state index contributed by atoms with van der Waals surface area (Å²) in [4.78, 5) is 10.5. The van der Waals surface area contributed by atoms with Crippen LogP contribution in [0.4, 0.5) is 0 Å². The molecule has 0 amide bonds. The van der Waals surface area contributed by atoms with E-state index in [9.17, 15) is 13.2 Å². The Labute approximate surface area is 123 Å². The first kappa shape index (κ1) is 15.4.